The Balaban J connectivity index is 1.88. The Morgan fingerprint density at radius 2 is 1.88 bits per heavy atom. The zero-order chi connectivity index (χ0) is 19.2. The van der Waals surface area contributed by atoms with E-state index >= 15 is 0 Å². The molecule has 7 nitrogen and oxygen atoms in total. The maximum absolute atomic E-state index is 12.1. The monoisotopic (exact) mass is 382 g/mol. The van der Waals surface area contributed by atoms with Crippen molar-refractivity contribution < 1.29 is 22.7 Å². The molecule has 0 unspecified atom stereocenters. The number of hydrogen-bond donors (Lipinski definition) is 2. The first-order valence-corrected chi connectivity index (χ1v) is 10.4. The highest BCUT2D eigenvalue weighted by Crippen LogP contribution is 2.23. The average molecular weight is 382 g/mol. The van der Waals surface area contributed by atoms with Gasteiger partial charge in [0.2, 0.25) is 10.0 Å². The number of carbonyl (C=O) groups excluding carboxylic acids is 2. The smallest absolute Gasteiger partial charge is 0.338 e. The molecule has 1 amide bonds. The van der Waals surface area contributed by atoms with Crippen molar-refractivity contribution in [3.63, 3.8) is 0 Å². The average Bonchev–Trinajstić information content (AvgIpc) is 2.62. The predicted molar refractivity (Wildman–Crippen MR) is 97.1 cm³/mol. The number of carbonyl (C=O) groups is 2. The van der Waals surface area contributed by atoms with Crippen LogP contribution in [0, 0.1) is 5.92 Å². The molecule has 2 N–H and O–H groups in total. The third-order valence-electron chi connectivity index (χ3n) is 4.43. The molecule has 1 saturated carbocycles. The third kappa shape index (κ3) is 5.81. The van der Waals surface area contributed by atoms with Gasteiger partial charge >= 0.3 is 5.97 Å². The van der Waals surface area contributed by atoms with E-state index in [4.69, 9.17) is 4.74 Å². The van der Waals surface area contributed by atoms with Gasteiger partial charge in [0.1, 0.15) is 0 Å². The van der Waals surface area contributed by atoms with E-state index in [0.29, 0.717) is 5.92 Å². The summed E-state index contributed by atoms with van der Waals surface area (Å²) >= 11 is 0. The number of nitrogens with one attached hydrogen (secondary N) is 2. The SMILES string of the molecule is CCNS(=O)(=O)c1cccc(C(=O)OCC(=O)NC2CCC(C)CC2)c1. The minimum atomic E-state index is -3.66. The van der Waals surface area contributed by atoms with Gasteiger partial charge < -0.3 is 10.1 Å². The van der Waals surface area contributed by atoms with E-state index in [0.717, 1.165) is 25.7 Å². The van der Waals surface area contributed by atoms with Crippen molar-refractivity contribution >= 4 is 21.9 Å². The Kier molecular flexibility index (Phi) is 7.16. The van der Waals surface area contributed by atoms with Gasteiger partial charge in [-0.2, -0.15) is 0 Å². The highest BCUT2D eigenvalue weighted by molar-refractivity contribution is 7.89. The van der Waals surface area contributed by atoms with E-state index in [1.165, 1.54) is 24.3 Å². The molecule has 26 heavy (non-hydrogen) atoms. The molecular formula is C18H26N2O5S. The summed E-state index contributed by atoms with van der Waals surface area (Å²) in [5.74, 6) is -0.382. The van der Waals surface area contributed by atoms with E-state index in [1.807, 2.05) is 0 Å². The van der Waals surface area contributed by atoms with Gasteiger partial charge in [0.25, 0.3) is 5.91 Å². The Bertz CT molecular complexity index is 740. The van der Waals surface area contributed by atoms with Crippen LogP contribution in [-0.2, 0) is 19.6 Å². The van der Waals surface area contributed by atoms with Crippen LogP contribution in [0.25, 0.3) is 0 Å². The van der Waals surface area contributed by atoms with Crippen LogP contribution in [-0.4, -0.2) is 39.5 Å². The first-order chi connectivity index (χ1) is 12.3. The summed E-state index contributed by atoms with van der Waals surface area (Å²) in [4.78, 5) is 24.0. The van der Waals surface area contributed by atoms with Gasteiger partial charge in [-0.1, -0.05) is 19.9 Å². The van der Waals surface area contributed by atoms with E-state index in [2.05, 4.69) is 17.0 Å². The lowest BCUT2D eigenvalue weighted by molar-refractivity contribution is -0.125. The number of sulfonamides is 1. The highest BCUT2D eigenvalue weighted by Gasteiger charge is 2.21. The Morgan fingerprint density at radius 1 is 1.19 bits per heavy atom. The molecule has 1 aliphatic rings. The van der Waals surface area contributed by atoms with Crippen molar-refractivity contribution in [2.45, 2.75) is 50.5 Å². The topological polar surface area (TPSA) is 102 Å². The maximum atomic E-state index is 12.1. The molecule has 0 atom stereocenters. The largest absolute Gasteiger partial charge is 0.452 e. The molecule has 8 heteroatoms. The van der Waals surface area contributed by atoms with Crippen LogP contribution in [0.2, 0.25) is 0 Å². The van der Waals surface area contributed by atoms with Crippen LogP contribution in [0.1, 0.15) is 49.9 Å². The number of amides is 1. The summed E-state index contributed by atoms with van der Waals surface area (Å²) in [6.07, 6.45) is 4.03. The molecule has 0 aromatic heterocycles. The maximum Gasteiger partial charge on any atom is 0.338 e. The molecule has 0 spiro atoms. The van der Waals surface area contributed by atoms with Gasteiger partial charge in [-0.3, -0.25) is 4.79 Å². The molecular weight excluding hydrogens is 356 g/mol. The molecule has 0 heterocycles. The lowest BCUT2D eigenvalue weighted by atomic mass is 9.87. The van der Waals surface area contributed by atoms with Gasteiger partial charge in [0.15, 0.2) is 6.61 Å². The fraction of sp³-hybridized carbons (Fsp3) is 0.556. The van der Waals surface area contributed by atoms with Gasteiger partial charge in [-0.05, 0) is 49.8 Å². The van der Waals surface area contributed by atoms with E-state index in [9.17, 15) is 18.0 Å². The normalized spacial score (nSPS) is 20.4. The van der Waals surface area contributed by atoms with Crippen LogP contribution >= 0.6 is 0 Å². The minimum absolute atomic E-state index is 0.0189. The Morgan fingerprint density at radius 3 is 2.54 bits per heavy atom. The van der Waals surface area contributed by atoms with Crippen molar-refractivity contribution in [2.24, 2.45) is 5.92 Å². The van der Waals surface area contributed by atoms with E-state index in [-0.39, 0.29) is 35.6 Å². The first-order valence-electron chi connectivity index (χ1n) is 8.88. The second kappa shape index (κ2) is 9.14. The summed E-state index contributed by atoms with van der Waals surface area (Å²) in [7, 11) is -3.66. The number of esters is 1. The summed E-state index contributed by atoms with van der Waals surface area (Å²) in [6, 6.07) is 5.68. The van der Waals surface area contributed by atoms with E-state index < -0.39 is 16.0 Å². The van der Waals surface area contributed by atoms with Crippen LogP contribution in [0.4, 0.5) is 0 Å². The van der Waals surface area contributed by atoms with Crippen molar-refractivity contribution in [3.8, 4) is 0 Å². The number of ether oxygens (including phenoxy) is 1. The number of rotatable bonds is 7. The van der Waals surface area contributed by atoms with Gasteiger partial charge in [0.05, 0.1) is 10.5 Å². The van der Waals surface area contributed by atoms with Gasteiger partial charge in [0, 0.05) is 12.6 Å². The number of benzene rings is 1. The first kappa shape index (κ1) is 20.4. The second-order valence-corrected chi connectivity index (χ2v) is 8.40. The zero-order valence-corrected chi connectivity index (χ0v) is 16.0. The fourth-order valence-electron chi connectivity index (χ4n) is 2.95. The zero-order valence-electron chi connectivity index (χ0n) is 15.2. The molecule has 1 aromatic carbocycles. The van der Waals surface area contributed by atoms with Crippen molar-refractivity contribution in [1.29, 1.82) is 0 Å². The van der Waals surface area contributed by atoms with Crippen LogP contribution in [0.15, 0.2) is 29.2 Å². The molecule has 1 aromatic rings. The number of hydrogen-bond acceptors (Lipinski definition) is 5. The lowest BCUT2D eigenvalue weighted by Crippen LogP contribution is -2.39. The van der Waals surface area contributed by atoms with Crippen molar-refractivity contribution in [1.82, 2.24) is 10.0 Å². The molecule has 144 valence electrons. The minimum Gasteiger partial charge on any atom is -0.452 e. The summed E-state index contributed by atoms with van der Waals surface area (Å²) < 4.78 is 31.4. The van der Waals surface area contributed by atoms with Crippen molar-refractivity contribution in [3.05, 3.63) is 29.8 Å². The second-order valence-electron chi connectivity index (χ2n) is 6.63. The lowest BCUT2D eigenvalue weighted by Gasteiger charge is -2.26. The third-order valence-corrected chi connectivity index (χ3v) is 5.97. The molecule has 0 saturated heterocycles. The van der Waals surface area contributed by atoms with Crippen molar-refractivity contribution in [2.75, 3.05) is 13.2 Å². The van der Waals surface area contributed by atoms with Crippen LogP contribution < -0.4 is 10.0 Å². The molecule has 0 radical (unpaired) electrons. The van der Waals surface area contributed by atoms with E-state index in [1.54, 1.807) is 6.92 Å². The Labute approximate surface area is 154 Å². The summed E-state index contributed by atoms with van der Waals surface area (Å²) in [5.41, 5.74) is 0.0864. The van der Waals surface area contributed by atoms with Crippen LogP contribution in [0.3, 0.4) is 0 Å². The molecule has 1 aliphatic carbocycles. The summed E-state index contributed by atoms with van der Waals surface area (Å²) in [6.45, 7) is 3.73. The predicted octanol–water partition coefficient (Wildman–Crippen LogP) is 1.84. The van der Waals surface area contributed by atoms with Gasteiger partial charge in [-0.15, -0.1) is 0 Å². The summed E-state index contributed by atoms with van der Waals surface area (Å²) in [5, 5.41) is 2.88. The quantitative estimate of drug-likeness (QED) is 0.701. The molecule has 0 bridgehead atoms. The van der Waals surface area contributed by atoms with Gasteiger partial charge in [-0.25, -0.2) is 17.9 Å². The molecule has 1 fully saturated rings. The fourth-order valence-corrected chi connectivity index (χ4v) is 4.04. The molecule has 0 aliphatic heterocycles. The standard InChI is InChI=1S/C18H26N2O5S/c1-3-19-26(23,24)16-6-4-5-14(11-16)18(22)25-12-17(21)20-15-9-7-13(2)8-10-15/h4-6,11,13,15,19H,3,7-10,12H2,1-2H3,(H,20,21). The van der Waals surface area contributed by atoms with Crippen LogP contribution in [0.5, 0.6) is 0 Å². The highest BCUT2D eigenvalue weighted by atomic mass is 32.2. The Hall–Kier alpha value is -1.93. The molecule has 2 rings (SSSR count).